The molecule has 150 valence electrons. The Hall–Kier alpha value is -1.53. The van der Waals surface area contributed by atoms with Crippen molar-refractivity contribution in [1.82, 2.24) is 14.8 Å². The average Bonchev–Trinajstić information content (AvgIpc) is 3.36. The largest absolute Gasteiger partial charge is 0.372 e. The van der Waals surface area contributed by atoms with Gasteiger partial charge < -0.3 is 14.8 Å². The van der Waals surface area contributed by atoms with Crippen LogP contribution in [0.15, 0.2) is 41.9 Å². The summed E-state index contributed by atoms with van der Waals surface area (Å²) in [5, 5.41) is 4.18. The van der Waals surface area contributed by atoms with Gasteiger partial charge in [-0.25, -0.2) is 0 Å². The Morgan fingerprint density at radius 1 is 1.18 bits per heavy atom. The number of nitrogens with zero attached hydrogens (tertiary/aromatic N) is 3. The second kappa shape index (κ2) is 8.07. The van der Waals surface area contributed by atoms with Crippen molar-refractivity contribution in [3.05, 3.63) is 51.8 Å². The predicted molar refractivity (Wildman–Crippen MR) is 122 cm³/mol. The van der Waals surface area contributed by atoms with Crippen LogP contribution in [0, 0.1) is 0 Å². The molecule has 1 N–H and O–H groups in total. The quantitative estimate of drug-likeness (QED) is 0.620. The SMILES string of the molecule is CN(CCN1CCC(c2cccs2)(N(C)C)CC1)c1c[nH]c2ccc(Cl)cc12. The lowest BCUT2D eigenvalue weighted by atomic mass is 9.84. The van der Waals surface area contributed by atoms with Gasteiger partial charge in [-0.1, -0.05) is 17.7 Å². The minimum atomic E-state index is 0.199. The summed E-state index contributed by atoms with van der Waals surface area (Å²) < 4.78 is 0. The third-order valence-corrected chi connectivity index (χ3v) is 7.60. The molecule has 0 radical (unpaired) electrons. The molecule has 0 amide bonds. The van der Waals surface area contributed by atoms with Crippen LogP contribution in [0.2, 0.25) is 5.02 Å². The number of H-pyrrole nitrogens is 1. The summed E-state index contributed by atoms with van der Waals surface area (Å²) in [6, 6.07) is 10.5. The van der Waals surface area contributed by atoms with Gasteiger partial charge in [0.1, 0.15) is 0 Å². The van der Waals surface area contributed by atoms with Gasteiger partial charge in [-0.3, -0.25) is 4.90 Å². The van der Waals surface area contributed by atoms with Gasteiger partial charge in [0.15, 0.2) is 0 Å². The third kappa shape index (κ3) is 3.69. The van der Waals surface area contributed by atoms with Crippen LogP contribution in [0.25, 0.3) is 10.9 Å². The molecular weight excluding hydrogens is 388 g/mol. The Labute approximate surface area is 176 Å². The second-order valence-corrected chi connectivity index (χ2v) is 9.41. The molecule has 1 aliphatic heterocycles. The smallest absolute Gasteiger partial charge is 0.0622 e. The number of nitrogens with one attached hydrogen (secondary N) is 1. The predicted octanol–water partition coefficient (Wildman–Crippen LogP) is 4.87. The van der Waals surface area contributed by atoms with Gasteiger partial charge in [0.2, 0.25) is 0 Å². The van der Waals surface area contributed by atoms with Gasteiger partial charge in [-0.05, 0) is 56.6 Å². The second-order valence-electron chi connectivity index (χ2n) is 8.03. The van der Waals surface area contributed by atoms with E-state index in [-0.39, 0.29) is 5.54 Å². The maximum Gasteiger partial charge on any atom is 0.0622 e. The van der Waals surface area contributed by atoms with Gasteiger partial charge in [0.05, 0.1) is 11.2 Å². The fourth-order valence-electron chi connectivity index (χ4n) is 4.41. The molecule has 0 bridgehead atoms. The van der Waals surface area contributed by atoms with Crippen LogP contribution in [0.3, 0.4) is 0 Å². The highest BCUT2D eigenvalue weighted by atomic mass is 35.5. The first-order valence-electron chi connectivity index (χ1n) is 9.91. The average molecular weight is 417 g/mol. The van der Waals surface area contributed by atoms with E-state index in [4.69, 9.17) is 11.6 Å². The zero-order valence-corrected chi connectivity index (χ0v) is 18.5. The topological polar surface area (TPSA) is 25.5 Å². The lowest BCUT2D eigenvalue weighted by Crippen LogP contribution is -2.51. The molecule has 0 unspecified atom stereocenters. The number of aromatic amines is 1. The Morgan fingerprint density at radius 2 is 1.96 bits per heavy atom. The van der Waals surface area contributed by atoms with Gasteiger partial charge in [-0.15, -0.1) is 11.3 Å². The number of halogens is 1. The van der Waals surface area contributed by atoms with Gasteiger partial charge >= 0.3 is 0 Å². The van der Waals surface area contributed by atoms with Gasteiger partial charge in [0, 0.05) is 60.2 Å². The summed E-state index contributed by atoms with van der Waals surface area (Å²) in [5.41, 5.74) is 2.55. The monoisotopic (exact) mass is 416 g/mol. The van der Waals surface area contributed by atoms with Crippen molar-refractivity contribution in [3.8, 4) is 0 Å². The fraction of sp³-hybridized carbons (Fsp3) is 0.455. The molecule has 1 saturated heterocycles. The van der Waals surface area contributed by atoms with Crippen LogP contribution < -0.4 is 4.90 Å². The van der Waals surface area contributed by atoms with Crippen molar-refractivity contribution in [2.75, 3.05) is 52.2 Å². The summed E-state index contributed by atoms with van der Waals surface area (Å²) >= 11 is 8.10. The summed E-state index contributed by atoms with van der Waals surface area (Å²) in [6.07, 6.45) is 4.46. The number of piperidine rings is 1. The molecule has 1 aliphatic rings. The highest BCUT2D eigenvalue weighted by Crippen LogP contribution is 2.39. The molecule has 3 aromatic rings. The molecule has 0 saturated carbocycles. The minimum absolute atomic E-state index is 0.199. The van der Waals surface area contributed by atoms with E-state index in [9.17, 15) is 0 Å². The van der Waals surface area contributed by atoms with Crippen molar-refractivity contribution < 1.29 is 0 Å². The van der Waals surface area contributed by atoms with Crippen LogP contribution in [0.5, 0.6) is 0 Å². The van der Waals surface area contributed by atoms with E-state index in [1.54, 1.807) is 0 Å². The van der Waals surface area contributed by atoms with Crippen molar-refractivity contribution in [2.24, 2.45) is 0 Å². The Kier molecular flexibility index (Phi) is 5.70. The number of likely N-dealkylation sites (tertiary alicyclic amines) is 1. The van der Waals surface area contributed by atoms with Crippen molar-refractivity contribution >= 4 is 39.5 Å². The summed E-state index contributed by atoms with van der Waals surface area (Å²) in [4.78, 5) is 12.2. The Balaban J connectivity index is 1.38. The first-order chi connectivity index (χ1) is 13.5. The number of fused-ring (bicyclic) bond motifs is 1. The van der Waals surface area contributed by atoms with Crippen molar-refractivity contribution in [3.63, 3.8) is 0 Å². The zero-order chi connectivity index (χ0) is 19.7. The van der Waals surface area contributed by atoms with Crippen molar-refractivity contribution in [1.29, 1.82) is 0 Å². The zero-order valence-electron chi connectivity index (χ0n) is 16.9. The molecule has 2 aromatic heterocycles. The molecule has 1 aromatic carbocycles. The van der Waals surface area contributed by atoms with Crippen molar-refractivity contribution in [2.45, 2.75) is 18.4 Å². The molecule has 4 rings (SSSR count). The van der Waals surface area contributed by atoms with E-state index in [1.807, 2.05) is 29.5 Å². The molecule has 0 aliphatic carbocycles. The standard InChI is InChI=1S/C22H29ClN4S/c1-25(2)22(21-5-4-14-28-21)8-10-27(11-9-22)13-12-26(3)20-16-24-19-7-6-17(23)15-18(19)20/h4-7,14-16,24H,8-13H2,1-3H3. The van der Waals surface area contributed by atoms with Crippen LogP contribution >= 0.6 is 22.9 Å². The number of thiophene rings is 1. The lowest BCUT2D eigenvalue weighted by Gasteiger charge is -2.46. The molecule has 6 heteroatoms. The van der Waals surface area contributed by atoms with E-state index in [0.29, 0.717) is 0 Å². The number of anilines is 1. The van der Waals surface area contributed by atoms with Crippen LogP contribution in [-0.2, 0) is 5.54 Å². The van der Waals surface area contributed by atoms with Gasteiger partial charge in [-0.2, -0.15) is 0 Å². The van der Waals surface area contributed by atoms with E-state index in [0.717, 1.165) is 36.7 Å². The molecule has 0 spiro atoms. The molecule has 3 heterocycles. The van der Waals surface area contributed by atoms with E-state index >= 15 is 0 Å². The number of hydrogen-bond acceptors (Lipinski definition) is 4. The number of rotatable bonds is 6. The lowest BCUT2D eigenvalue weighted by molar-refractivity contribution is 0.0580. The maximum absolute atomic E-state index is 6.20. The van der Waals surface area contributed by atoms with E-state index in [1.165, 1.54) is 28.8 Å². The minimum Gasteiger partial charge on any atom is -0.372 e. The first kappa shape index (κ1) is 19.8. The third-order valence-electron chi connectivity index (χ3n) is 6.30. The van der Waals surface area contributed by atoms with E-state index < -0.39 is 0 Å². The Morgan fingerprint density at radius 3 is 2.64 bits per heavy atom. The van der Waals surface area contributed by atoms with E-state index in [2.05, 4.69) is 64.5 Å². The molecule has 4 nitrogen and oxygen atoms in total. The maximum atomic E-state index is 6.20. The Bertz CT molecular complexity index is 910. The van der Waals surface area contributed by atoms with Crippen LogP contribution in [-0.4, -0.2) is 62.1 Å². The summed E-state index contributed by atoms with van der Waals surface area (Å²) in [6.45, 7) is 4.37. The highest BCUT2D eigenvalue weighted by molar-refractivity contribution is 7.10. The number of likely N-dealkylation sites (N-methyl/N-ethyl adjacent to an activating group) is 1. The summed E-state index contributed by atoms with van der Waals surface area (Å²) in [5.74, 6) is 0. The van der Waals surface area contributed by atoms with Crippen LogP contribution in [0.1, 0.15) is 17.7 Å². The first-order valence-corrected chi connectivity index (χ1v) is 11.2. The molecule has 28 heavy (non-hydrogen) atoms. The highest BCUT2D eigenvalue weighted by Gasteiger charge is 2.38. The normalized spacial score (nSPS) is 17.5. The summed E-state index contributed by atoms with van der Waals surface area (Å²) in [7, 11) is 6.62. The van der Waals surface area contributed by atoms with Gasteiger partial charge in [0.25, 0.3) is 0 Å². The molecular formula is C22H29ClN4S. The van der Waals surface area contributed by atoms with Crippen LogP contribution in [0.4, 0.5) is 5.69 Å². The number of benzene rings is 1. The molecule has 1 fully saturated rings. The number of aromatic nitrogens is 1. The number of hydrogen-bond donors (Lipinski definition) is 1. The fourth-order valence-corrected chi connectivity index (χ4v) is 5.65. The molecule has 0 atom stereocenters.